The monoisotopic (exact) mass is 319 g/mol. The topological polar surface area (TPSA) is 68.0 Å². The fraction of sp³-hybridized carbons (Fsp3) is 0.438. The average molecular weight is 319 g/mol. The summed E-state index contributed by atoms with van der Waals surface area (Å²) in [5.74, 6) is 1.13. The van der Waals surface area contributed by atoms with Crippen LogP contribution in [0.2, 0.25) is 0 Å². The summed E-state index contributed by atoms with van der Waals surface area (Å²) < 4.78 is 5.59. The lowest BCUT2D eigenvalue weighted by Crippen LogP contribution is -2.37. The normalized spacial score (nSPS) is 12.4. The molecule has 1 heterocycles. The fourth-order valence-corrected chi connectivity index (χ4v) is 2.33. The van der Waals surface area contributed by atoms with Gasteiger partial charge >= 0.3 is 0 Å². The molecule has 1 aromatic heterocycles. The Morgan fingerprint density at radius 3 is 2.77 bits per heavy atom. The van der Waals surface area contributed by atoms with Crippen molar-refractivity contribution >= 4 is 17.7 Å². The number of thioether (sulfide) groups is 1. The van der Waals surface area contributed by atoms with Crippen LogP contribution in [0.25, 0.3) is 11.5 Å². The SMILES string of the molecule is Cc1cccc(-c2nnc(SCC(=O)N[C@@H](C)C(C)C)o2)c1. The van der Waals surface area contributed by atoms with E-state index < -0.39 is 0 Å². The number of benzene rings is 1. The number of rotatable bonds is 6. The maximum Gasteiger partial charge on any atom is 0.277 e. The van der Waals surface area contributed by atoms with Crippen molar-refractivity contribution in [2.45, 2.75) is 39.0 Å². The quantitative estimate of drug-likeness (QED) is 0.827. The minimum absolute atomic E-state index is 0.0264. The third-order valence-corrected chi connectivity index (χ3v) is 4.21. The number of hydrogen-bond acceptors (Lipinski definition) is 5. The number of hydrogen-bond donors (Lipinski definition) is 1. The molecule has 1 atom stereocenters. The highest BCUT2D eigenvalue weighted by Crippen LogP contribution is 2.23. The van der Waals surface area contributed by atoms with Crippen molar-refractivity contribution in [3.8, 4) is 11.5 Å². The minimum Gasteiger partial charge on any atom is -0.411 e. The van der Waals surface area contributed by atoms with Gasteiger partial charge in [-0.1, -0.05) is 43.3 Å². The highest BCUT2D eigenvalue weighted by Gasteiger charge is 2.14. The van der Waals surface area contributed by atoms with Crippen LogP contribution in [0, 0.1) is 12.8 Å². The zero-order valence-electron chi connectivity index (χ0n) is 13.3. The van der Waals surface area contributed by atoms with Crippen molar-refractivity contribution in [3.63, 3.8) is 0 Å². The molecule has 0 fully saturated rings. The molecule has 6 heteroatoms. The molecule has 0 unspecified atom stereocenters. The number of aromatic nitrogens is 2. The standard InChI is InChI=1S/C16H21N3O2S/c1-10(2)12(4)17-14(20)9-22-16-19-18-15(21-16)13-7-5-6-11(3)8-13/h5-8,10,12H,9H2,1-4H3,(H,17,20)/t12-/m0/s1. The summed E-state index contributed by atoms with van der Waals surface area (Å²) >= 11 is 1.25. The summed E-state index contributed by atoms with van der Waals surface area (Å²) in [6.45, 7) is 8.15. The molecular weight excluding hydrogens is 298 g/mol. The van der Waals surface area contributed by atoms with E-state index in [2.05, 4.69) is 29.4 Å². The van der Waals surface area contributed by atoms with Crippen LogP contribution in [0.15, 0.2) is 33.9 Å². The third kappa shape index (κ3) is 4.59. The molecule has 2 rings (SSSR count). The Morgan fingerprint density at radius 1 is 1.32 bits per heavy atom. The molecule has 0 saturated carbocycles. The number of carbonyl (C=O) groups excluding carboxylic acids is 1. The lowest BCUT2D eigenvalue weighted by molar-refractivity contribution is -0.119. The first-order valence-electron chi connectivity index (χ1n) is 7.28. The maximum absolute atomic E-state index is 11.8. The summed E-state index contributed by atoms with van der Waals surface area (Å²) in [5.41, 5.74) is 2.02. The second-order valence-electron chi connectivity index (χ2n) is 5.63. The zero-order valence-corrected chi connectivity index (χ0v) is 14.1. The number of carbonyl (C=O) groups is 1. The fourth-order valence-electron chi connectivity index (χ4n) is 1.75. The number of amides is 1. The first-order valence-corrected chi connectivity index (χ1v) is 8.27. The lowest BCUT2D eigenvalue weighted by atomic mass is 10.1. The van der Waals surface area contributed by atoms with Crippen molar-refractivity contribution in [1.29, 1.82) is 0 Å². The molecule has 2 aromatic rings. The van der Waals surface area contributed by atoms with Gasteiger partial charge in [-0.15, -0.1) is 10.2 Å². The van der Waals surface area contributed by atoms with Gasteiger partial charge in [-0.3, -0.25) is 4.79 Å². The van der Waals surface area contributed by atoms with Gasteiger partial charge in [0.05, 0.1) is 5.75 Å². The van der Waals surface area contributed by atoms with Crippen LogP contribution < -0.4 is 5.32 Å². The van der Waals surface area contributed by atoms with E-state index in [4.69, 9.17) is 4.42 Å². The van der Waals surface area contributed by atoms with Crippen LogP contribution in [0.4, 0.5) is 0 Å². The second-order valence-corrected chi connectivity index (χ2v) is 6.56. The van der Waals surface area contributed by atoms with E-state index in [0.29, 0.717) is 17.0 Å². The van der Waals surface area contributed by atoms with E-state index in [9.17, 15) is 4.79 Å². The molecule has 118 valence electrons. The molecule has 1 N–H and O–H groups in total. The Balaban J connectivity index is 1.91. The van der Waals surface area contributed by atoms with E-state index in [0.717, 1.165) is 11.1 Å². The van der Waals surface area contributed by atoms with Crippen LogP contribution in [0.1, 0.15) is 26.3 Å². The molecule has 0 aliphatic rings. The van der Waals surface area contributed by atoms with E-state index in [1.807, 2.05) is 38.1 Å². The number of nitrogens with one attached hydrogen (secondary N) is 1. The highest BCUT2D eigenvalue weighted by molar-refractivity contribution is 7.99. The Morgan fingerprint density at radius 2 is 2.09 bits per heavy atom. The van der Waals surface area contributed by atoms with Gasteiger partial charge < -0.3 is 9.73 Å². The average Bonchev–Trinajstić information content (AvgIpc) is 2.94. The molecule has 0 aliphatic carbocycles. The van der Waals surface area contributed by atoms with E-state index >= 15 is 0 Å². The summed E-state index contributed by atoms with van der Waals surface area (Å²) in [6.07, 6.45) is 0. The van der Waals surface area contributed by atoms with Crippen molar-refractivity contribution in [2.24, 2.45) is 5.92 Å². The number of nitrogens with zero attached hydrogens (tertiary/aromatic N) is 2. The van der Waals surface area contributed by atoms with Gasteiger partial charge in [0.25, 0.3) is 5.22 Å². The van der Waals surface area contributed by atoms with Crippen LogP contribution in [0.3, 0.4) is 0 Å². The van der Waals surface area contributed by atoms with Crippen molar-refractivity contribution in [1.82, 2.24) is 15.5 Å². The Bertz CT molecular complexity index is 640. The van der Waals surface area contributed by atoms with Crippen LogP contribution in [-0.4, -0.2) is 27.9 Å². The summed E-state index contributed by atoms with van der Waals surface area (Å²) in [5, 5.41) is 11.4. The lowest BCUT2D eigenvalue weighted by Gasteiger charge is -2.16. The summed E-state index contributed by atoms with van der Waals surface area (Å²) in [4.78, 5) is 11.8. The van der Waals surface area contributed by atoms with E-state index in [-0.39, 0.29) is 17.7 Å². The summed E-state index contributed by atoms with van der Waals surface area (Å²) in [7, 11) is 0. The van der Waals surface area contributed by atoms with E-state index in [1.54, 1.807) is 0 Å². The molecule has 1 aromatic carbocycles. The largest absolute Gasteiger partial charge is 0.411 e. The van der Waals surface area contributed by atoms with Gasteiger partial charge in [0, 0.05) is 11.6 Å². The zero-order chi connectivity index (χ0) is 16.1. The van der Waals surface area contributed by atoms with Gasteiger partial charge in [0.2, 0.25) is 11.8 Å². The summed E-state index contributed by atoms with van der Waals surface area (Å²) in [6, 6.07) is 8.02. The molecule has 0 saturated heterocycles. The van der Waals surface area contributed by atoms with Gasteiger partial charge in [0.1, 0.15) is 0 Å². The molecular formula is C16H21N3O2S. The third-order valence-electron chi connectivity index (χ3n) is 3.39. The molecule has 0 radical (unpaired) electrons. The Hall–Kier alpha value is -1.82. The van der Waals surface area contributed by atoms with Crippen LogP contribution in [0.5, 0.6) is 0 Å². The second kappa shape index (κ2) is 7.45. The van der Waals surface area contributed by atoms with Gasteiger partial charge in [0.15, 0.2) is 0 Å². The van der Waals surface area contributed by atoms with Crippen LogP contribution >= 0.6 is 11.8 Å². The van der Waals surface area contributed by atoms with Gasteiger partial charge in [-0.25, -0.2) is 0 Å². The Labute approximate surface area is 134 Å². The molecule has 0 spiro atoms. The first kappa shape index (κ1) is 16.5. The van der Waals surface area contributed by atoms with Crippen LogP contribution in [-0.2, 0) is 4.79 Å². The first-order chi connectivity index (χ1) is 10.5. The maximum atomic E-state index is 11.8. The number of aryl methyl sites for hydroxylation is 1. The van der Waals surface area contributed by atoms with Gasteiger partial charge in [-0.05, 0) is 31.9 Å². The molecule has 0 aliphatic heterocycles. The van der Waals surface area contributed by atoms with E-state index in [1.165, 1.54) is 11.8 Å². The highest BCUT2D eigenvalue weighted by atomic mass is 32.2. The molecule has 5 nitrogen and oxygen atoms in total. The molecule has 1 amide bonds. The van der Waals surface area contributed by atoms with Crippen molar-refractivity contribution in [3.05, 3.63) is 29.8 Å². The van der Waals surface area contributed by atoms with Crippen molar-refractivity contribution in [2.75, 3.05) is 5.75 Å². The predicted octanol–water partition coefficient (Wildman–Crippen LogP) is 3.30. The van der Waals surface area contributed by atoms with Gasteiger partial charge in [-0.2, -0.15) is 0 Å². The molecule has 22 heavy (non-hydrogen) atoms. The van der Waals surface area contributed by atoms with Crippen molar-refractivity contribution < 1.29 is 9.21 Å². The smallest absolute Gasteiger partial charge is 0.277 e. The Kier molecular flexibility index (Phi) is 5.60. The molecule has 0 bridgehead atoms. The minimum atomic E-state index is -0.0264. The predicted molar refractivity (Wildman–Crippen MR) is 87.6 cm³/mol.